The zero-order valence-corrected chi connectivity index (χ0v) is 18.9. The van der Waals surface area contributed by atoms with Crippen LogP contribution in [0, 0.1) is 11.8 Å². The van der Waals surface area contributed by atoms with Gasteiger partial charge in [0.15, 0.2) is 15.4 Å². The largest absolute Gasteiger partial charge is 0.464 e. The summed E-state index contributed by atoms with van der Waals surface area (Å²) >= 11 is 0. The molecule has 2 N–H and O–H groups in total. The number of amides is 2. The number of alkyl carbamates (subject to hydrolysis) is 1. The van der Waals surface area contributed by atoms with Crippen LogP contribution in [0.3, 0.4) is 0 Å². The van der Waals surface area contributed by atoms with Gasteiger partial charge in [0.2, 0.25) is 5.91 Å². The Kier molecular flexibility index (Phi) is 6.74. The van der Waals surface area contributed by atoms with Crippen molar-refractivity contribution in [2.45, 2.75) is 57.1 Å². The zero-order chi connectivity index (χ0) is 23.8. The van der Waals surface area contributed by atoms with Gasteiger partial charge >= 0.3 is 18.0 Å². The van der Waals surface area contributed by atoms with Crippen LogP contribution >= 0.6 is 0 Å². The number of carbonyl (C=O) groups is 4. The number of ether oxygens (including phenoxy) is 3. The molecule has 1 saturated heterocycles. The van der Waals surface area contributed by atoms with Crippen molar-refractivity contribution in [3.05, 3.63) is 12.8 Å². The lowest BCUT2D eigenvalue weighted by atomic mass is 9.93. The maximum absolute atomic E-state index is 12.8. The Hall–Kier alpha value is -2.63. The molecular formula is C19H30N2O9S. The van der Waals surface area contributed by atoms with Gasteiger partial charge in [-0.2, -0.15) is 0 Å². The molecule has 0 unspecified atom stereocenters. The van der Waals surface area contributed by atoms with Crippen LogP contribution in [0.4, 0.5) is 4.79 Å². The first-order valence-corrected chi connectivity index (χ1v) is 11.4. The fraction of sp³-hybridized carbons (Fsp3) is 0.684. The first-order valence-electron chi connectivity index (χ1n) is 9.72. The molecule has 5 atom stereocenters. The van der Waals surface area contributed by atoms with E-state index in [4.69, 9.17) is 14.2 Å². The van der Waals surface area contributed by atoms with Crippen LogP contribution < -0.4 is 10.6 Å². The maximum atomic E-state index is 12.8. The molecule has 1 saturated carbocycles. The molecule has 1 aliphatic heterocycles. The Bertz CT molecular complexity index is 899. The van der Waals surface area contributed by atoms with E-state index in [0.717, 1.165) is 6.26 Å². The molecule has 176 valence electrons. The summed E-state index contributed by atoms with van der Waals surface area (Å²) in [6, 6.07) is -1.17. The lowest BCUT2D eigenvalue weighted by Crippen LogP contribution is -2.62. The molecule has 0 spiro atoms. The molecule has 2 amide bonds. The minimum Gasteiger partial charge on any atom is -0.464 e. The summed E-state index contributed by atoms with van der Waals surface area (Å²) in [5.41, 5.74) is -2.78. The molecule has 12 heteroatoms. The van der Waals surface area contributed by atoms with Crippen molar-refractivity contribution in [3.63, 3.8) is 0 Å². The van der Waals surface area contributed by atoms with Crippen LogP contribution in [0.15, 0.2) is 12.8 Å². The normalized spacial score (nSPS) is 29.0. The molecule has 2 rings (SSSR count). The van der Waals surface area contributed by atoms with Gasteiger partial charge in [0.1, 0.15) is 11.6 Å². The number of rotatable bonds is 7. The van der Waals surface area contributed by atoms with Crippen molar-refractivity contribution in [3.8, 4) is 0 Å². The van der Waals surface area contributed by atoms with Gasteiger partial charge in [-0.3, -0.25) is 9.59 Å². The molecule has 0 aromatic rings. The van der Waals surface area contributed by atoms with Gasteiger partial charge in [0.05, 0.1) is 29.8 Å². The zero-order valence-electron chi connectivity index (χ0n) is 18.1. The fourth-order valence-corrected chi connectivity index (χ4v) is 6.47. The quantitative estimate of drug-likeness (QED) is 0.309. The average molecular weight is 463 g/mol. The Morgan fingerprint density at radius 1 is 1.29 bits per heavy atom. The lowest BCUT2D eigenvalue weighted by Gasteiger charge is -2.31. The second-order valence-electron chi connectivity index (χ2n) is 8.48. The second kappa shape index (κ2) is 8.48. The molecular weight excluding hydrogens is 432 g/mol. The Labute approximate surface area is 182 Å². The van der Waals surface area contributed by atoms with E-state index in [1.54, 1.807) is 20.8 Å². The summed E-state index contributed by atoms with van der Waals surface area (Å²) in [5, 5.41) is 3.56. The summed E-state index contributed by atoms with van der Waals surface area (Å²) in [6.07, 6.45) is -0.00315. The molecule has 0 bridgehead atoms. The second-order valence-corrected chi connectivity index (χ2v) is 10.6. The van der Waals surface area contributed by atoms with Gasteiger partial charge in [-0.15, -0.1) is 0 Å². The van der Waals surface area contributed by atoms with E-state index in [-0.39, 0.29) is 8.03 Å². The highest BCUT2D eigenvalue weighted by atomic mass is 32.2. The fourth-order valence-electron chi connectivity index (χ4n) is 3.77. The van der Waals surface area contributed by atoms with E-state index in [0.29, 0.717) is 0 Å². The summed E-state index contributed by atoms with van der Waals surface area (Å²) in [7, 11) is -3.92. The van der Waals surface area contributed by atoms with Crippen LogP contribution in [0.25, 0.3) is 0 Å². The third kappa shape index (κ3) is 5.00. The van der Waals surface area contributed by atoms with Crippen molar-refractivity contribution in [1.82, 2.24) is 10.6 Å². The topological polar surface area (TPSA) is 154 Å². The molecule has 0 aromatic carbocycles. The van der Waals surface area contributed by atoms with Crippen molar-refractivity contribution in [2.24, 2.45) is 11.8 Å². The highest BCUT2D eigenvalue weighted by Crippen LogP contribution is 2.58. The van der Waals surface area contributed by atoms with E-state index in [1.165, 1.54) is 13.8 Å². The predicted octanol–water partition coefficient (Wildman–Crippen LogP) is 0.293. The van der Waals surface area contributed by atoms with Gasteiger partial charge in [0.25, 0.3) is 0 Å². The number of carbonyl (C=O) groups excluding carboxylic acids is 4. The van der Waals surface area contributed by atoms with Crippen LogP contribution in [0.2, 0.25) is 0 Å². The minimum absolute atomic E-state index is 0. The van der Waals surface area contributed by atoms with Crippen LogP contribution in [0.1, 0.15) is 36.0 Å². The number of fused-ring (bicyclic) bond motifs is 1. The smallest absolute Gasteiger partial charge is 0.408 e. The molecule has 11 nitrogen and oxygen atoms in total. The van der Waals surface area contributed by atoms with Crippen LogP contribution in [0.5, 0.6) is 0 Å². The van der Waals surface area contributed by atoms with Gasteiger partial charge in [-0.05, 0) is 34.6 Å². The molecule has 0 aromatic heterocycles. The molecule has 1 heterocycles. The van der Waals surface area contributed by atoms with E-state index in [2.05, 4.69) is 17.2 Å². The van der Waals surface area contributed by atoms with E-state index < -0.39 is 73.8 Å². The van der Waals surface area contributed by atoms with Crippen molar-refractivity contribution in [2.75, 3.05) is 12.4 Å². The highest BCUT2D eigenvalue weighted by Gasteiger charge is 2.79. The number of nitrogens with one attached hydrogen (secondary N) is 2. The van der Waals surface area contributed by atoms with Gasteiger partial charge in [-0.1, -0.05) is 6.58 Å². The Morgan fingerprint density at radius 3 is 2.42 bits per heavy atom. The van der Waals surface area contributed by atoms with E-state index in [1.807, 2.05) is 0 Å². The first kappa shape index (κ1) is 24.6. The lowest BCUT2D eigenvalue weighted by molar-refractivity contribution is -0.154. The molecule has 2 fully saturated rings. The predicted molar refractivity (Wildman–Crippen MR) is 109 cm³/mol. The summed E-state index contributed by atoms with van der Waals surface area (Å²) in [6.45, 7) is 11.0. The van der Waals surface area contributed by atoms with Gasteiger partial charge < -0.3 is 24.8 Å². The molecule has 1 aliphatic carbocycles. The maximum Gasteiger partial charge on any atom is 0.408 e. The van der Waals surface area contributed by atoms with Gasteiger partial charge in [-0.25, -0.2) is 18.0 Å². The standard InChI is InChI=1S/C19H28N2O9S.H2/c1-7-28-15(23)11-12-13(11)31(26,27)9-19(12,16(24)29-8-2)21-14(22)10(3)20-17(25)30-18(4,5)6;/h7,10-13H,1,8-9H2,2-6H3,(H,20,25)(H,21,22);1H/t10-,11+,12+,13-,19+;/m0./s1. The van der Waals surface area contributed by atoms with Crippen molar-refractivity contribution < 1.29 is 43.2 Å². The van der Waals surface area contributed by atoms with Crippen molar-refractivity contribution in [1.29, 1.82) is 0 Å². The number of sulfone groups is 1. The van der Waals surface area contributed by atoms with Crippen LogP contribution in [-0.4, -0.2) is 67.1 Å². The highest BCUT2D eigenvalue weighted by molar-refractivity contribution is 7.92. The summed E-state index contributed by atoms with van der Waals surface area (Å²) in [5.74, 6) is -5.60. The average Bonchev–Trinajstić information content (AvgIpc) is 3.32. The molecule has 0 radical (unpaired) electrons. The molecule has 31 heavy (non-hydrogen) atoms. The number of hydrogen-bond acceptors (Lipinski definition) is 9. The van der Waals surface area contributed by atoms with Crippen LogP contribution in [-0.2, 0) is 38.4 Å². The summed E-state index contributed by atoms with van der Waals surface area (Å²) in [4.78, 5) is 49.7. The first-order chi connectivity index (χ1) is 14.2. The monoisotopic (exact) mass is 462 g/mol. The summed E-state index contributed by atoms with van der Waals surface area (Å²) < 4.78 is 40.1. The van der Waals surface area contributed by atoms with E-state index in [9.17, 15) is 27.6 Å². The third-order valence-electron chi connectivity index (χ3n) is 4.95. The molecule has 2 aliphatic rings. The third-order valence-corrected chi connectivity index (χ3v) is 7.22. The van der Waals surface area contributed by atoms with Crippen molar-refractivity contribution >= 4 is 33.8 Å². The number of esters is 2. The minimum atomic E-state index is -3.92. The number of hydrogen-bond donors (Lipinski definition) is 2. The van der Waals surface area contributed by atoms with Gasteiger partial charge in [0, 0.05) is 7.34 Å². The Balaban J connectivity index is 0.00000512. The Morgan fingerprint density at radius 2 is 1.90 bits per heavy atom. The SMILES string of the molecule is C=COC(=O)[C@@H]1[C@@H]2[C@H]1S(=O)(=O)C[C@]2(NC(=O)[C@H](C)NC(=O)OC(C)(C)C)C(=O)OCC.[HH]. The van der Waals surface area contributed by atoms with E-state index >= 15 is 0 Å².